The molecule has 4 rings (SSSR count). The Kier molecular flexibility index (Phi) is 4.03. The Morgan fingerprint density at radius 2 is 2.04 bits per heavy atom. The van der Waals surface area contributed by atoms with Gasteiger partial charge in [-0.15, -0.1) is 11.3 Å². The van der Waals surface area contributed by atoms with Crippen LogP contribution >= 0.6 is 11.3 Å². The molecule has 5 nitrogen and oxygen atoms in total. The minimum atomic E-state index is -0.259. The number of Topliss-reactive ketones (excluding diaryl/α,β-unsaturated/α-hetero) is 1. The van der Waals surface area contributed by atoms with E-state index in [-0.39, 0.29) is 17.1 Å². The van der Waals surface area contributed by atoms with Crippen molar-refractivity contribution in [3.63, 3.8) is 0 Å². The van der Waals surface area contributed by atoms with Crippen molar-refractivity contribution in [3.05, 3.63) is 52.0 Å². The molecule has 0 atom stereocenters. The highest BCUT2D eigenvalue weighted by Crippen LogP contribution is 2.39. The van der Waals surface area contributed by atoms with Crippen molar-refractivity contribution in [1.29, 1.82) is 0 Å². The maximum atomic E-state index is 12.7. The van der Waals surface area contributed by atoms with E-state index in [9.17, 15) is 9.59 Å². The number of benzene rings is 1. The van der Waals surface area contributed by atoms with Crippen LogP contribution < -0.4 is 11.1 Å². The molecule has 3 aromatic rings. The molecule has 0 radical (unpaired) electrons. The van der Waals surface area contributed by atoms with Crippen molar-refractivity contribution in [2.75, 3.05) is 11.1 Å². The Morgan fingerprint density at radius 1 is 1.26 bits per heavy atom. The number of anilines is 2. The third-order valence-corrected chi connectivity index (χ3v) is 5.98. The number of fused-ring (bicyclic) bond motifs is 2. The second-order valence-electron chi connectivity index (χ2n) is 7.94. The predicted octanol–water partition coefficient (Wildman–Crippen LogP) is 4.59. The van der Waals surface area contributed by atoms with Crippen LogP contribution in [0.3, 0.4) is 0 Å². The lowest BCUT2D eigenvalue weighted by molar-refractivity contribution is 0.0910. The van der Waals surface area contributed by atoms with Crippen LogP contribution in [0, 0.1) is 12.3 Å². The van der Waals surface area contributed by atoms with Gasteiger partial charge in [0.05, 0.1) is 11.4 Å². The van der Waals surface area contributed by atoms with Gasteiger partial charge >= 0.3 is 0 Å². The van der Waals surface area contributed by atoms with Crippen molar-refractivity contribution in [3.8, 4) is 0 Å². The summed E-state index contributed by atoms with van der Waals surface area (Å²) >= 11 is 1.27. The Hall–Kier alpha value is -2.73. The summed E-state index contributed by atoms with van der Waals surface area (Å²) in [5.74, 6) is -0.169. The van der Waals surface area contributed by atoms with Crippen molar-refractivity contribution < 1.29 is 9.59 Å². The van der Waals surface area contributed by atoms with Gasteiger partial charge in [0.2, 0.25) is 0 Å². The standard InChI is InChI=1S/C21H21N3O2S/c1-11-5-4-6-12(7-11)23-19(26)18-17(22)14-8-13-15(24-20(14)27-18)9-21(2,3)10-16(13)25/h4-8H,9-10,22H2,1-3H3,(H,23,26). The maximum Gasteiger partial charge on any atom is 0.267 e. The number of nitrogen functional groups attached to an aromatic ring is 1. The molecule has 27 heavy (non-hydrogen) atoms. The summed E-state index contributed by atoms with van der Waals surface area (Å²) in [4.78, 5) is 31.1. The van der Waals surface area contributed by atoms with E-state index >= 15 is 0 Å². The highest BCUT2D eigenvalue weighted by atomic mass is 32.1. The van der Waals surface area contributed by atoms with Gasteiger partial charge in [0.25, 0.3) is 5.91 Å². The van der Waals surface area contributed by atoms with Crippen molar-refractivity contribution >= 4 is 44.6 Å². The first-order valence-corrected chi connectivity index (χ1v) is 9.68. The molecule has 0 bridgehead atoms. The van der Waals surface area contributed by atoms with Crippen LogP contribution in [-0.2, 0) is 6.42 Å². The summed E-state index contributed by atoms with van der Waals surface area (Å²) in [6.07, 6.45) is 1.24. The highest BCUT2D eigenvalue weighted by Gasteiger charge is 2.33. The van der Waals surface area contributed by atoms with Crippen LogP contribution in [0.2, 0.25) is 0 Å². The fourth-order valence-electron chi connectivity index (χ4n) is 3.58. The Labute approximate surface area is 161 Å². The molecular formula is C21H21N3O2S. The largest absolute Gasteiger partial charge is 0.397 e. The van der Waals surface area contributed by atoms with E-state index in [0.29, 0.717) is 32.8 Å². The monoisotopic (exact) mass is 379 g/mol. The summed E-state index contributed by atoms with van der Waals surface area (Å²) < 4.78 is 0. The molecule has 0 aliphatic heterocycles. The van der Waals surface area contributed by atoms with E-state index in [1.54, 1.807) is 0 Å². The highest BCUT2D eigenvalue weighted by molar-refractivity contribution is 7.21. The van der Waals surface area contributed by atoms with Crippen LogP contribution in [0.4, 0.5) is 11.4 Å². The van der Waals surface area contributed by atoms with Crippen molar-refractivity contribution in [2.45, 2.75) is 33.6 Å². The number of amides is 1. The van der Waals surface area contributed by atoms with Crippen molar-refractivity contribution in [2.24, 2.45) is 5.41 Å². The van der Waals surface area contributed by atoms with Crippen LogP contribution in [0.1, 0.15) is 51.6 Å². The molecule has 0 saturated heterocycles. The predicted molar refractivity (Wildman–Crippen MR) is 110 cm³/mol. The normalized spacial score (nSPS) is 15.6. The minimum absolute atomic E-state index is 0.0898. The third kappa shape index (κ3) is 3.21. The molecule has 1 amide bonds. The van der Waals surface area contributed by atoms with Crippen LogP contribution in [0.25, 0.3) is 10.2 Å². The van der Waals surface area contributed by atoms with Crippen LogP contribution in [0.5, 0.6) is 0 Å². The van der Waals surface area contributed by atoms with Gasteiger partial charge in [-0.2, -0.15) is 0 Å². The third-order valence-electron chi connectivity index (χ3n) is 4.87. The lowest BCUT2D eigenvalue weighted by Gasteiger charge is -2.29. The number of hydrogen-bond acceptors (Lipinski definition) is 5. The number of carbonyl (C=O) groups is 2. The summed E-state index contributed by atoms with van der Waals surface area (Å²) in [5.41, 5.74) is 9.76. The van der Waals surface area contributed by atoms with Crippen LogP contribution in [-0.4, -0.2) is 16.7 Å². The first kappa shape index (κ1) is 17.7. The summed E-state index contributed by atoms with van der Waals surface area (Å²) in [6.45, 7) is 6.11. The minimum Gasteiger partial charge on any atom is -0.397 e. The molecule has 1 aromatic carbocycles. The number of hydrogen-bond donors (Lipinski definition) is 2. The van der Waals surface area contributed by atoms with Gasteiger partial charge in [0.15, 0.2) is 5.78 Å². The topological polar surface area (TPSA) is 85.1 Å². The summed E-state index contributed by atoms with van der Waals surface area (Å²) in [6, 6.07) is 9.41. The Balaban J connectivity index is 1.74. The smallest absolute Gasteiger partial charge is 0.267 e. The molecule has 1 aliphatic carbocycles. The van der Waals surface area contributed by atoms with E-state index < -0.39 is 0 Å². The maximum absolute atomic E-state index is 12.7. The van der Waals surface area contributed by atoms with E-state index in [2.05, 4.69) is 24.1 Å². The van der Waals surface area contributed by atoms with Crippen LogP contribution in [0.15, 0.2) is 30.3 Å². The molecule has 2 aromatic heterocycles. The lowest BCUT2D eigenvalue weighted by atomic mass is 9.75. The fourth-order valence-corrected chi connectivity index (χ4v) is 4.57. The van der Waals surface area contributed by atoms with Gasteiger partial charge in [0.1, 0.15) is 9.71 Å². The van der Waals surface area contributed by atoms with Gasteiger partial charge < -0.3 is 11.1 Å². The van der Waals surface area contributed by atoms with Gasteiger partial charge in [0, 0.05) is 23.1 Å². The quantitative estimate of drug-likeness (QED) is 0.682. The van der Waals surface area contributed by atoms with Gasteiger partial charge in [-0.1, -0.05) is 26.0 Å². The zero-order chi connectivity index (χ0) is 19.3. The number of nitrogens with two attached hydrogens (primary N) is 1. The molecule has 3 N–H and O–H groups in total. The Morgan fingerprint density at radius 3 is 2.78 bits per heavy atom. The molecule has 0 spiro atoms. The van der Waals surface area contributed by atoms with Gasteiger partial charge in [-0.3, -0.25) is 9.59 Å². The van der Waals surface area contributed by atoms with Crippen molar-refractivity contribution in [1.82, 2.24) is 4.98 Å². The molecule has 0 unspecified atom stereocenters. The first-order valence-electron chi connectivity index (χ1n) is 8.87. The zero-order valence-corrected chi connectivity index (χ0v) is 16.4. The molecule has 0 saturated carbocycles. The number of thiophene rings is 1. The average molecular weight is 379 g/mol. The van der Waals surface area contributed by atoms with E-state index in [0.717, 1.165) is 23.4 Å². The number of carbonyl (C=O) groups excluding carboxylic acids is 2. The molecule has 1 aliphatic rings. The number of aromatic nitrogens is 1. The van der Waals surface area contributed by atoms with E-state index in [4.69, 9.17) is 5.73 Å². The number of aryl methyl sites for hydroxylation is 1. The van der Waals surface area contributed by atoms with Gasteiger partial charge in [-0.05, 0) is 42.5 Å². The number of nitrogens with one attached hydrogen (secondary N) is 1. The number of pyridine rings is 1. The first-order chi connectivity index (χ1) is 12.7. The zero-order valence-electron chi connectivity index (χ0n) is 15.6. The molecular weight excluding hydrogens is 358 g/mol. The molecule has 0 fully saturated rings. The average Bonchev–Trinajstić information content (AvgIpc) is 2.88. The number of rotatable bonds is 2. The second-order valence-corrected chi connectivity index (χ2v) is 8.94. The van der Waals surface area contributed by atoms with Gasteiger partial charge in [-0.25, -0.2) is 4.98 Å². The number of nitrogens with zero attached hydrogens (tertiary/aromatic N) is 1. The lowest BCUT2D eigenvalue weighted by Crippen LogP contribution is -2.27. The Bertz CT molecular complexity index is 1100. The summed E-state index contributed by atoms with van der Waals surface area (Å²) in [7, 11) is 0. The molecule has 2 heterocycles. The molecule has 6 heteroatoms. The second kappa shape index (κ2) is 6.16. The SMILES string of the molecule is Cc1cccc(NC(=O)c2sc3nc4c(cc3c2N)C(=O)CC(C)(C)C4)c1. The number of ketones is 1. The molecule has 138 valence electrons. The van der Waals surface area contributed by atoms with E-state index in [1.165, 1.54) is 11.3 Å². The fraction of sp³-hybridized carbons (Fsp3) is 0.286. The summed E-state index contributed by atoms with van der Waals surface area (Å²) in [5, 5.41) is 3.57. The van der Waals surface area contributed by atoms with E-state index in [1.807, 2.05) is 37.3 Å².